The van der Waals surface area contributed by atoms with Crippen molar-refractivity contribution in [2.24, 2.45) is 5.92 Å². The van der Waals surface area contributed by atoms with Crippen molar-refractivity contribution in [1.82, 2.24) is 0 Å². The zero-order valence-electron chi connectivity index (χ0n) is 8.67. The zero-order valence-corrected chi connectivity index (χ0v) is 8.67. The van der Waals surface area contributed by atoms with E-state index in [0.717, 1.165) is 5.70 Å². The molecule has 0 saturated carbocycles. The van der Waals surface area contributed by atoms with Crippen molar-refractivity contribution in [1.29, 1.82) is 0 Å². The molecule has 1 heterocycles. The lowest BCUT2D eigenvalue weighted by molar-refractivity contribution is 0.853. The molecular formula is C13H15N. The molecule has 0 amide bonds. The van der Waals surface area contributed by atoms with Crippen molar-refractivity contribution in [3.63, 3.8) is 0 Å². The molecule has 0 aromatic heterocycles. The van der Waals surface area contributed by atoms with Gasteiger partial charge in [-0.2, -0.15) is 0 Å². The van der Waals surface area contributed by atoms with Gasteiger partial charge < -0.3 is 5.32 Å². The van der Waals surface area contributed by atoms with Crippen LogP contribution in [0.5, 0.6) is 0 Å². The number of hydrogen-bond acceptors (Lipinski definition) is 1. The Hall–Kier alpha value is -1.50. The standard InChI is InChI=1S/C13H15N/c1-9(2)12-8-10(3)14-13-7-5-4-6-11(12)13/h4-9,14H,3H2,1-2H3. The lowest BCUT2D eigenvalue weighted by atomic mass is 9.91. The van der Waals surface area contributed by atoms with Crippen LogP contribution in [0.1, 0.15) is 19.4 Å². The van der Waals surface area contributed by atoms with Gasteiger partial charge in [-0.25, -0.2) is 0 Å². The zero-order chi connectivity index (χ0) is 10.1. The molecule has 1 heteroatoms. The van der Waals surface area contributed by atoms with Gasteiger partial charge in [0.1, 0.15) is 0 Å². The summed E-state index contributed by atoms with van der Waals surface area (Å²) in [6.45, 7) is 8.38. The Morgan fingerprint density at radius 3 is 2.64 bits per heavy atom. The Kier molecular flexibility index (Phi) is 2.16. The highest BCUT2D eigenvalue weighted by Crippen LogP contribution is 2.34. The largest absolute Gasteiger partial charge is 0.356 e. The van der Waals surface area contributed by atoms with E-state index >= 15 is 0 Å². The summed E-state index contributed by atoms with van der Waals surface area (Å²) in [5.41, 5.74) is 4.82. The highest BCUT2D eigenvalue weighted by atomic mass is 14.9. The molecule has 14 heavy (non-hydrogen) atoms. The molecule has 0 bridgehead atoms. The van der Waals surface area contributed by atoms with E-state index in [9.17, 15) is 0 Å². The lowest BCUT2D eigenvalue weighted by Crippen LogP contribution is -2.08. The average Bonchev–Trinajstić information content (AvgIpc) is 2.16. The summed E-state index contributed by atoms with van der Waals surface area (Å²) in [6, 6.07) is 8.36. The number of benzene rings is 1. The third-order valence-corrected chi connectivity index (χ3v) is 2.49. The molecule has 1 aliphatic rings. The van der Waals surface area contributed by atoms with Gasteiger partial charge in [0, 0.05) is 16.9 Å². The Morgan fingerprint density at radius 1 is 1.21 bits per heavy atom. The number of allylic oxidation sites excluding steroid dienone is 2. The van der Waals surface area contributed by atoms with Gasteiger partial charge in [-0.1, -0.05) is 38.6 Å². The van der Waals surface area contributed by atoms with Crippen LogP contribution in [0.3, 0.4) is 0 Å². The quantitative estimate of drug-likeness (QED) is 0.704. The third-order valence-electron chi connectivity index (χ3n) is 2.49. The van der Waals surface area contributed by atoms with Crippen LogP contribution in [-0.4, -0.2) is 0 Å². The molecular weight excluding hydrogens is 170 g/mol. The number of hydrogen-bond donors (Lipinski definition) is 1. The minimum atomic E-state index is 0.537. The number of nitrogens with one attached hydrogen (secondary N) is 1. The van der Waals surface area contributed by atoms with Crippen LogP contribution < -0.4 is 5.32 Å². The smallest absolute Gasteiger partial charge is 0.0460 e. The van der Waals surface area contributed by atoms with Gasteiger partial charge in [0.25, 0.3) is 0 Å². The SMILES string of the molecule is C=C1C=C(C(C)C)c2ccccc2N1. The van der Waals surface area contributed by atoms with Crippen molar-refractivity contribution in [2.45, 2.75) is 13.8 Å². The first kappa shape index (κ1) is 9.07. The summed E-state index contributed by atoms with van der Waals surface area (Å²) >= 11 is 0. The fourth-order valence-electron chi connectivity index (χ4n) is 1.80. The second kappa shape index (κ2) is 3.33. The van der Waals surface area contributed by atoms with E-state index in [-0.39, 0.29) is 0 Å². The minimum absolute atomic E-state index is 0.537. The highest BCUT2D eigenvalue weighted by Gasteiger charge is 2.15. The van der Waals surface area contributed by atoms with Gasteiger partial charge >= 0.3 is 0 Å². The first-order valence-corrected chi connectivity index (χ1v) is 4.95. The molecule has 0 aliphatic carbocycles. The first-order valence-electron chi connectivity index (χ1n) is 4.95. The van der Waals surface area contributed by atoms with Gasteiger partial charge in [0.2, 0.25) is 0 Å². The van der Waals surface area contributed by atoms with Gasteiger partial charge in [-0.05, 0) is 23.6 Å². The topological polar surface area (TPSA) is 12.0 Å². The molecule has 0 spiro atoms. The van der Waals surface area contributed by atoms with E-state index in [4.69, 9.17) is 0 Å². The summed E-state index contributed by atoms with van der Waals surface area (Å²) in [5, 5.41) is 3.27. The van der Waals surface area contributed by atoms with Crippen LogP contribution in [0.25, 0.3) is 5.57 Å². The second-order valence-corrected chi connectivity index (χ2v) is 3.95. The number of rotatable bonds is 1. The third kappa shape index (κ3) is 1.46. The lowest BCUT2D eigenvalue weighted by Gasteiger charge is -2.22. The molecule has 1 aromatic carbocycles. The maximum absolute atomic E-state index is 3.96. The Bertz CT molecular complexity index is 399. The van der Waals surface area contributed by atoms with E-state index in [1.54, 1.807) is 0 Å². The molecule has 0 saturated heterocycles. The summed E-state index contributed by atoms with van der Waals surface area (Å²) in [5.74, 6) is 0.537. The number of anilines is 1. The molecule has 2 rings (SSSR count). The summed E-state index contributed by atoms with van der Waals surface area (Å²) in [6.07, 6.45) is 2.13. The van der Waals surface area contributed by atoms with E-state index in [1.165, 1.54) is 16.8 Å². The summed E-state index contributed by atoms with van der Waals surface area (Å²) in [4.78, 5) is 0. The molecule has 0 unspecified atom stereocenters. The van der Waals surface area contributed by atoms with Crippen LogP contribution >= 0.6 is 0 Å². The molecule has 0 radical (unpaired) electrons. The Morgan fingerprint density at radius 2 is 1.93 bits per heavy atom. The van der Waals surface area contributed by atoms with Crippen LogP contribution in [-0.2, 0) is 0 Å². The molecule has 1 aromatic rings. The van der Waals surface area contributed by atoms with Crippen molar-refractivity contribution in [3.05, 3.63) is 48.2 Å². The molecule has 1 nitrogen and oxygen atoms in total. The maximum atomic E-state index is 3.96. The molecule has 72 valence electrons. The van der Waals surface area contributed by atoms with Crippen LogP contribution in [0.2, 0.25) is 0 Å². The maximum Gasteiger partial charge on any atom is 0.0460 e. The average molecular weight is 185 g/mol. The van der Waals surface area contributed by atoms with Crippen LogP contribution in [0, 0.1) is 5.92 Å². The monoisotopic (exact) mass is 185 g/mol. The normalized spacial score (nSPS) is 14.8. The van der Waals surface area contributed by atoms with Crippen LogP contribution in [0.15, 0.2) is 42.6 Å². The Labute approximate surface area is 85.2 Å². The molecule has 1 aliphatic heterocycles. The second-order valence-electron chi connectivity index (χ2n) is 3.95. The molecule has 0 atom stereocenters. The molecule has 0 fully saturated rings. The van der Waals surface area contributed by atoms with Gasteiger partial charge in [-0.3, -0.25) is 0 Å². The van der Waals surface area contributed by atoms with Gasteiger partial charge in [-0.15, -0.1) is 0 Å². The van der Waals surface area contributed by atoms with E-state index < -0.39 is 0 Å². The number of para-hydroxylation sites is 1. The molecule has 1 N–H and O–H groups in total. The predicted octanol–water partition coefficient (Wildman–Crippen LogP) is 3.67. The summed E-state index contributed by atoms with van der Waals surface area (Å²) in [7, 11) is 0. The number of fused-ring (bicyclic) bond motifs is 1. The van der Waals surface area contributed by atoms with E-state index in [0.29, 0.717) is 5.92 Å². The van der Waals surface area contributed by atoms with Gasteiger partial charge in [0.15, 0.2) is 0 Å². The van der Waals surface area contributed by atoms with Crippen molar-refractivity contribution in [3.8, 4) is 0 Å². The van der Waals surface area contributed by atoms with Crippen molar-refractivity contribution in [2.75, 3.05) is 5.32 Å². The van der Waals surface area contributed by atoms with E-state index in [2.05, 4.69) is 50.0 Å². The highest BCUT2D eigenvalue weighted by molar-refractivity contribution is 5.83. The van der Waals surface area contributed by atoms with Gasteiger partial charge in [0.05, 0.1) is 0 Å². The van der Waals surface area contributed by atoms with Crippen LogP contribution in [0.4, 0.5) is 5.69 Å². The Balaban J connectivity index is 2.55. The van der Waals surface area contributed by atoms with Crippen molar-refractivity contribution >= 4 is 11.3 Å². The summed E-state index contributed by atoms with van der Waals surface area (Å²) < 4.78 is 0. The minimum Gasteiger partial charge on any atom is -0.356 e. The fourth-order valence-corrected chi connectivity index (χ4v) is 1.80. The first-order chi connectivity index (χ1) is 6.68. The fraction of sp³-hybridized carbons (Fsp3) is 0.231. The van der Waals surface area contributed by atoms with Crippen molar-refractivity contribution < 1.29 is 0 Å². The predicted molar refractivity (Wildman–Crippen MR) is 62.0 cm³/mol. The van der Waals surface area contributed by atoms with E-state index in [1.807, 2.05) is 6.07 Å².